The van der Waals surface area contributed by atoms with E-state index in [9.17, 15) is 4.79 Å². The maximum Gasteiger partial charge on any atom is 0.410 e. The Balaban J connectivity index is 1.46. The zero-order valence-electron chi connectivity index (χ0n) is 15.0. The molecule has 5 nitrogen and oxygen atoms in total. The van der Waals surface area contributed by atoms with Crippen molar-refractivity contribution in [3.63, 3.8) is 0 Å². The van der Waals surface area contributed by atoms with Gasteiger partial charge in [0.15, 0.2) is 0 Å². The van der Waals surface area contributed by atoms with Gasteiger partial charge in [-0.3, -0.25) is 4.90 Å². The van der Waals surface area contributed by atoms with Crippen molar-refractivity contribution in [2.75, 3.05) is 32.7 Å². The minimum atomic E-state index is -0.423. The Morgan fingerprint density at radius 2 is 1.83 bits per heavy atom. The molecule has 0 radical (unpaired) electrons. The number of piperazine rings is 1. The molecule has 132 valence electrons. The molecule has 1 atom stereocenters. The first-order chi connectivity index (χ1) is 11.4. The summed E-state index contributed by atoms with van der Waals surface area (Å²) in [6.07, 6.45) is 0.898. The number of ether oxygens (including phenoxy) is 1. The molecule has 3 rings (SSSR count). The van der Waals surface area contributed by atoms with Gasteiger partial charge in [-0.2, -0.15) is 0 Å². The first-order valence-corrected chi connectivity index (χ1v) is 8.91. The fourth-order valence-corrected chi connectivity index (χ4v) is 3.40. The van der Waals surface area contributed by atoms with Gasteiger partial charge in [-0.1, -0.05) is 24.3 Å². The van der Waals surface area contributed by atoms with E-state index < -0.39 is 5.60 Å². The van der Waals surface area contributed by atoms with Crippen molar-refractivity contribution in [3.8, 4) is 0 Å². The average molecular weight is 331 g/mol. The highest BCUT2D eigenvalue weighted by Crippen LogP contribution is 2.17. The summed E-state index contributed by atoms with van der Waals surface area (Å²) in [6, 6.07) is 9.17. The van der Waals surface area contributed by atoms with Crippen LogP contribution in [-0.2, 0) is 17.7 Å². The highest BCUT2D eigenvalue weighted by molar-refractivity contribution is 5.68. The van der Waals surface area contributed by atoms with Crippen molar-refractivity contribution in [1.82, 2.24) is 15.1 Å². The quantitative estimate of drug-likeness (QED) is 0.903. The van der Waals surface area contributed by atoms with Gasteiger partial charge in [-0.05, 0) is 38.3 Å². The molecule has 1 amide bonds. The number of carbonyl (C=O) groups is 1. The molecule has 5 heteroatoms. The monoisotopic (exact) mass is 331 g/mol. The number of nitrogens with one attached hydrogen (secondary N) is 1. The van der Waals surface area contributed by atoms with E-state index in [1.807, 2.05) is 25.7 Å². The normalized spacial score (nSPS) is 22.1. The number of nitrogens with zero attached hydrogens (tertiary/aromatic N) is 2. The van der Waals surface area contributed by atoms with Crippen LogP contribution in [0.15, 0.2) is 24.3 Å². The van der Waals surface area contributed by atoms with Gasteiger partial charge < -0.3 is 15.0 Å². The van der Waals surface area contributed by atoms with Crippen LogP contribution in [0.1, 0.15) is 31.9 Å². The van der Waals surface area contributed by atoms with E-state index in [0.29, 0.717) is 6.04 Å². The molecular formula is C19H29N3O2. The van der Waals surface area contributed by atoms with Gasteiger partial charge in [0.25, 0.3) is 0 Å². The minimum Gasteiger partial charge on any atom is -0.444 e. The Hall–Kier alpha value is -1.59. The van der Waals surface area contributed by atoms with Gasteiger partial charge in [0.1, 0.15) is 5.60 Å². The number of rotatable bonds is 2. The topological polar surface area (TPSA) is 44.8 Å². The summed E-state index contributed by atoms with van der Waals surface area (Å²) in [7, 11) is 0. The third-order valence-corrected chi connectivity index (χ3v) is 4.67. The molecule has 1 fully saturated rings. The lowest BCUT2D eigenvalue weighted by Gasteiger charge is -2.38. The summed E-state index contributed by atoms with van der Waals surface area (Å²) in [5.41, 5.74) is 2.46. The van der Waals surface area contributed by atoms with Gasteiger partial charge >= 0.3 is 6.09 Å². The molecule has 0 bridgehead atoms. The zero-order valence-corrected chi connectivity index (χ0v) is 15.0. The molecule has 1 N–H and O–H groups in total. The molecule has 0 aliphatic carbocycles. The molecule has 1 unspecified atom stereocenters. The molecule has 1 aromatic rings. The molecule has 1 aromatic carbocycles. The number of hydrogen-bond donors (Lipinski definition) is 1. The van der Waals surface area contributed by atoms with Crippen molar-refractivity contribution in [3.05, 3.63) is 35.4 Å². The Morgan fingerprint density at radius 1 is 1.17 bits per heavy atom. The third-order valence-electron chi connectivity index (χ3n) is 4.67. The Labute approximate surface area is 145 Å². The maximum atomic E-state index is 12.1. The lowest BCUT2D eigenvalue weighted by molar-refractivity contribution is 0.0138. The fourth-order valence-electron chi connectivity index (χ4n) is 3.40. The zero-order chi connectivity index (χ0) is 17.2. The summed E-state index contributed by atoms with van der Waals surface area (Å²) in [6.45, 7) is 11.1. The molecule has 2 heterocycles. The van der Waals surface area contributed by atoms with E-state index in [0.717, 1.165) is 45.7 Å². The summed E-state index contributed by atoms with van der Waals surface area (Å²) in [4.78, 5) is 16.4. The second kappa shape index (κ2) is 7.11. The second-order valence-electron chi connectivity index (χ2n) is 7.82. The van der Waals surface area contributed by atoms with Crippen LogP contribution in [0.5, 0.6) is 0 Å². The third kappa shape index (κ3) is 4.48. The predicted molar refractivity (Wildman–Crippen MR) is 95.0 cm³/mol. The molecule has 24 heavy (non-hydrogen) atoms. The van der Waals surface area contributed by atoms with Crippen molar-refractivity contribution in [1.29, 1.82) is 0 Å². The van der Waals surface area contributed by atoms with Gasteiger partial charge in [0, 0.05) is 45.3 Å². The molecule has 2 aliphatic heterocycles. The maximum absolute atomic E-state index is 12.1. The molecule has 1 saturated heterocycles. The first kappa shape index (κ1) is 17.2. The van der Waals surface area contributed by atoms with Gasteiger partial charge in [0.2, 0.25) is 0 Å². The Kier molecular flexibility index (Phi) is 5.11. The second-order valence-corrected chi connectivity index (χ2v) is 7.82. The molecule has 2 aliphatic rings. The van der Waals surface area contributed by atoms with E-state index in [4.69, 9.17) is 4.74 Å². The lowest BCUT2D eigenvalue weighted by atomic mass is 9.95. The van der Waals surface area contributed by atoms with E-state index in [1.165, 1.54) is 11.1 Å². The highest BCUT2D eigenvalue weighted by Gasteiger charge is 2.27. The molecule has 0 aromatic heterocycles. The predicted octanol–water partition coefficient (Wildman–Crippen LogP) is 2.25. The Morgan fingerprint density at radius 3 is 2.50 bits per heavy atom. The van der Waals surface area contributed by atoms with E-state index in [1.54, 1.807) is 0 Å². The van der Waals surface area contributed by atoms with Crippen LogP contribution in [0.4, 0.5) is 4.79 Å². The van der Waals surface area contributed by atoms with Crippen LogP contribution in [0.2, 0.25) is 0 Å². The minimum absolute atomic E-state index is 0.188. The summed E-state index contributed by atoms with van der Waals surface area (Å²) in [5.74, 6) is 0. The average Bonchev–Trinajstić information content (AvgIpc) is 2.54. The van der Waals surface area contributed by atoms with Crippen LogP contribution >= 0.6 is 0 Å². The van der Waals surface area contributed by atoms with Crippen LogP contribution in [0.3, 0.4) is 0 Å². The number of amides is 1. The first-order valence-electron chi connectivity index (χ1n) is 8.91. The molecular weight excluding hydrogens is 302 g/mol. The Bertz CT molecular complexity index is 574. The fraction of sp³-hybridized carbons (Fsp3) is 0.632. The number of hydrogen-bond acceptors (Lipinski definition) is 4. The van der Waals surface area contributed by atoms with Crippen LogP contribution in [0.25, 0.3) is 0 Å². The van der Waals surface area contributed by atoms with Gasteiger partial charge in [-0.25, -0.2) is 4.79 Å². The van der Waals surface area contributed by atoms with Crippen molar-refractivity contribution in [2.45, 2.75) is 45.4 Å². The van der Waals surface area contributed by atoms with Crippen LogP contribution in [-0.4, -0.2) is 60.3 Å². The van der Waals surface area contributed by atoms with Crippen molar-refractivity contribution < 1.29 is 9.53 Å². The van der Waals surface area contributed by atoms with E-state index >= 15 is 0 Å². The van der Waals surface area contributed by atoms with Crippen molar-refractivity contribution >= 4 is 6.09 Å². The largest absolute Gasteiger partial charge is 0.444 e. The van der Waals surface area contributed by atoms with Gasteiger partial charge in [0.05, 0.1) is 0 Å². The van der Waals surface area contributed by atoms with E-state index in [-0.39, 0.29) is 6.09 Å². The number of fused-ring (bicyclic) bond motifs is 1. The summed E-state index contributed by atoms with van der Waals surface area (Å²) < 4.78 is 5.46. The standard InChI is InChI=1S/C19H29N3O2/c1-19(2,3)24-18(23)22-10-8-21(9-11-22)14-17-12-15-6-4-5-7-16(15)13-20-17/h4-7,17,20H,8-14H2,1-3H3. The summed E-state index contributed by atoms with van der Waals surface area (Å²) >= 11 is 0. The smallest absolute Gasteiger partial charge is 0.410 e. The van der Waals surface area contributed by atoms with Crippen molar-refractivity contribution in [2.24, 2.45) is 0 Å². The summed E-state index contributed by atoms with van der Waals surface area (Å²) in [5, 5.41) is 3.64. The van der Waals surface area contributed by atoms with Gasteiger partial charge in [-0.15, -0.1) is 0 Å². The number of benzene rings is 1. The SMILES string of the molecule is CC(C)(C)OC(=O)N1CCN(CC2Cc3ccccc3CN2)CC1. The van der Waals surface area contributed by atoms with Crippen LogP contribution < -0.4 is 5.32 Å². The highest BCUT2D eigenvalue weighted by atomic mass is 16.6. The molecule has 0 spiro atoms. The van der Waals surface area contributed by atoms with E-state index in [2.05, 4.69) is 34.5 Å². The lowest BCUT2D eigenvalue weighted by Crippen LogP contribution is -2.53. The molecule has 0 saturated carbocycles. The van der Waals surface area contributed by atoms with Crippen LogP contribution in [0, 0.1) is 0 Å². The number of carbonyl (C=O) groups excluding carboxylic acids is 1.